The molecule has 0 unspecified atom stereocenters. The largest absolute Gasteiger partial charge is 0.411 e. The molecule has 1 aromatic heterocycles. The summed E-state index contributed by atoms with van der Waals surface area (Å²) < 4.78 is 38.0. The van der Waals surface area contributed by atoms with Crippen LogP contribution in [0.1, 0.15) is 5.56 Å². The number of nitrogens with one attached hydrogen (secondary N) is 1. The molecular formula is C21H19N5O5S2. The number of anilines is 1. The van der Waals surface area contributed by atoms with Crippen molar-refractivity contribution in [1.82, 2.24) is 14.5 Å². The normalized spacial score (nSPS) is 14.5. The van der Waals surface area contributed by atoms with Gasteiger partial charge in [0.15, 0.2) is 0 Å². The molecule has 4 rings (SSSR count). The second-order valence-electron chi connectivity index (χ2n) is 6.94. The van der Waals surface area contributed by atoms with Gasteiger partial charge in [-0.25, -0.2) is 8.42 Å². The zero-order valence-corrected chi connectivity index (χ0v) is 18.9. The zero-order valence-electron chi connectivity index (χ0n) is 17.3. The molecule has 0 spiro atoms. The van der Waals surface area contributed by atoms with Crippen LogP contribution in [-0.4, -0.2) is 60.9 Å². The lowest BCUT2D eigenvalue weighted by Crippen LogP contribution is -2.40. The molecule has 1 amide bonds. The Hall–Kier alpha value is -3.24. The number of nitrogens with zero attached hydrogens (tertiary/aromatic N) is 4. The van der Waals surface area contributed by atoms with E-state index in [0.717, 1.165) is 11.8 Å². The summed E-state index contributed by atoms with van der Waals surface area (Å²) in [5.41, 5.74) is 1.54. The molecule has 1 fully saturated rings. The van der Waals surface area contributed by atoms with Crippen LogP contribution in [-0.2, 0) is 19.6 Å². The third kappa shape index (κ3) is 5.58. The number of amides is 1. The molecule has 0 bridgehead atoms. The monoisotopic (exact) mass is 485 g/mol. The van der Waals surface area contributed by atoms with Gasteiger partial charge in [-0.05, 0) is 42.5 Å². The Morgan fingerprint density at radius 2 is 1.91 bits per heavy atom. The van der Waals surface area contributed by atoms with Crippen LogP contribution in [0.4, 0.5) is 5.69 Å². The Balaban J connectivity index is 1.39. The highest BCUT2D eigenvalue weighted by Gasteiger charge is 2.27. The summed E-state index contributed by atoms with van der Waals surface area (Å²) in [5, 5.41) is 19.6. The number of aromatic nitrogens is 2. The standard InChI is InChI=1S/C21H19N5O5S2/c22-13-15-4-6-17(7-5-15)23-19(27)14-32-21-25-24-20(31-21)16-2-1-3-18(12-16)33(28,29)26-8-10-30-11-9-26/h1-7,12H,8-11,14H2,(H,23,27). The molecule has 33 heavy (non-hydrogen) atoms. The molecule has 2 aromatic carbocycles. The van der Waals surface area contributed by atoms with Gasteiger partial charge in [-0.1, -0.05) is 17.8 Å². The number of ether oxygens (including phenoxy) is 1. The molecule has 2 heterocycles. The maximum atomic E-state index is 12.9. The minimum absolute atomic E-state index is 0.0348. The van der Waals surface area contributed by atoms with Crippen molar-refractivity contribution < 1.29 is 22.4 Å². The van der Waals surface area contributed by atoms with E-state index in [1.54, 1.807) is 36.4 Å². The number of carbonyl (C=O) groups excluding carboxylic acids is 1. The number of sulfonamides is 1. The lowest BCUT2D eigenvalue weighted by molar-refractivity contribution is -0.113. The molecule has 1 aliphatic heterocycles. The summed E-state index contributed by atoms with van der Waals surface area (Å²) in [5.74, 6) is -0.0836. The van der Waals surface area contributed by atoms with Gasteiger partial charge in [0.1, 0.15) is 0 Å². The van der Waals surface area contributed by atoms with Gasteiger partial charge in [-0.2, -0.15) is 9.57 Å². The van der Waals surface area contributed by atoms with Crippen LogP contribution in [0.25, 0.3) is 11.5 Å². The molecule has 170 valence electrons. The Kier molecular flexibility index (Phi) is 7.05. The molecule has 0 aliphatic carbocycles. The summed E-state index contributed by atoms with van der Waals surface area (Å²) in [6, 6.07) is 14.8. The van der Waals surface area contributed by atoms with E-state index in [4.69, 9.17) is 14.4 Å². The fourth-order valence-electron chi connectivity index (χ4n) is 3.06. The van der Waals surface area contributed by atoms with Crippen molar-refractivity contribution >= 4 is 33.4 Å². The van der Waals surface area contributed by atoms with Crippen molar-refractivity contribution in [3.63, 3.8) is 0 Å². The van der Waals surface area contributed by atoms with Crippen LogP contribution in [0, 0.1) is 11.3 Å². The Labute approximate surface area is 194 Å². The van der Waals surface area contributed by atoms with Crippen LogP contribution in [0.5, 0.6) is 0 Å². The van der Waals surface area contributed by atoms with Gasteiger partial charge in [0.2, 0.25) is 21.8 Å². The molecule has 3 aromatic rings. The third-order valence-corrected chi connectivity index (χ3v) is 7.43. The molecule has 0 atom stereocenters. The van der Waals surface area contributed by atoms with Crippen LogP contribution in [0.3, 0.4) is 0 Å². The smallest absolute Gasteiger partial charge is 0.277 e. The summed E-state index contributed by atoms with van der Waals surface area (Å²) >= 11 is 1.06. The van der Waals surface area contributed by atoms with Gasteiger partial charge in [-0.3, -0.25) is 4.79 Å². The first-order chi connectivity index (χ1) is 16.0. The average Bonchev–Trinajstić information content (AvgIpc) is 3.33. The number of morpholine rings is 1. The fraction of sp³-hybridized carbons (Fsp3) is 0.238. The van der Waals surface area contributed by atoms with E-state index in [9.17, 15) is 13.2 Å². The van der Waals surface area contributed by atoms with Gasteiger partial charge < -0.3 is 14.5 Å². The van der Waals surface area contributed by atoms with Gasteiger partial charge in [-0.15, -0.1) is 10.2 Å². The van der Waals surface area contributed by atoms with Crippen LogP contribution in [0.2, 0.25) is 0 Å². The van der Waals surface area contributed by atoms with Crippen molar-refractivity contribution in [2.75, 3.05) is 37.4 Å². The van der Waals surface area contributed by atoms with E-state index < -0.39 is 10.0 Å². The van der Waals surface area contributed by atoms with Crippen LogP contribution < -0.4 is 5.32 Å². The number of carbonyl (C=O) groups is 1. The second-order valence-corrected chi connectivity index (χ2v) is 9.81. The number of hydrogen-bond donors (Lipinski definition) is 1. The summed E-state index contributed by atoms with van der Waals surface area (Å²) in [7, 11) is -3.65. The van der Waals surface area contributed by atoms with E-state index >= 15 is 0 Å². The molecule has 0 radical (unpaired) electrons. The number of nitriles is 1. The second kappa shape index (κ2) is 10.1. The lowest BCUT2D eigenvalue weighted by atomic mass is 10.2. The fourth-order valence-corrected chi connectivity index (χ4v) is 5.08. The molecular weight excluding hydrogens is 466 g/mol. The highest BCUT2D eigenvalue weighted by Crippen LogP contribution is 2.26. The number of benzene rings is 2. The van der Waals surface area contributed by atoms with Gasteiger partial charge >= 0.3 is 0 Å². The Morgan fingerprint density at radius 1 is 1.15 bits per heavy atom. The van der Waals surface area contributed by atoms with Gasteiger partial charge in [0, 0.05) is 24.3 Å². The molecule has 1 N–H and O–H groups in total. The van der Waals surface area contributed by atoms with Crippen molar-refractivity contribution in [2.45, 2.75) is 10.1 Å². The van der Waals surface area contributed by atoms with E-state index in [-0.39, 0.29) is 27.7 Å². The number of thioether (sulfide) groups is 1. The summed E-state index contributed by atoms with van der Waals surface area (Å²) in [6.07, 6.45) is 0. The zero-order chi connectivity index (χ0) is 23.3. The Bertz CT molecular complexity index is 1280. The first-order valence-electron chi connectivity index (χ1n) is 9.90. The van der Waals surface area contributed by atoms with Crippen molar-refractivity contribution in [1.29, 1.82) is 5.26 Å². The van der Waals surface area contributed by atoms with Crippen molar-refractivity contribution in [3.05, 3.63) is 54.1 Å². The topological polar surface area (TPSA) is 138 Å². The van der Waals surface area contributed by atoms with Crippen molar-refractivity contribution in [2.24, 2.45) is 0 Å². The van der Waals surface area contributed by atoms with Crippen LogP contribution in [0.15, 0.2) is 63.1 Å². The third-order valence-electron chi connectivity index (χ3n) is 4.72. The predicted octanol–water partition coefficient (Wildman–Crippen LogP) is 2.36. The highest BCUT2D eigenvalue weighted by molar-refractivity contribution is 7.99. The SMILES string of the molecule is N#Cc1ccc(NC(=O)CSc2nnc(-c3cccc(S(=O)(=O)N4CCOCC4)c3)o2)cc1. The maximum Gasteiger partial charge on any atom is 0.277 e. The summed E-state index contributed by atoms with van der Waals surface area (Å²) in [6.45, 7) is 1.33. The van der Waals surface area contributed by atoms with Crippen LogP contribution >= 0.6 is 11.8 Å². The molecule has 0 saturated carbocycles. The average molecular weight is 486 g/mol. The highest BCUT2D eigenvalue weighted by atomic mass is 32.2. The number of hydrogen-bond acceptors (Lipinski definition) is 9. The first-order valence-corrected chi connectivity index (χ1v) is 12.3. The van der Waals surface area contributed by atoms with E-state index in [0.29, 0.717) is 43.1 Å². The Morgan fingerprint density at radius 3 is 2.64 bits per heavy atom. The molecule has 1 saturated heterocycles. The van der Waals surface area contributed by atoms with Gasteiger partial charge in [0.25, 0.3) is 5.22 Å². The predicted molar refractivity (Wildman–Crippen MR) is 120 cm³/mol. The van der Waals surface area contributed by atoms with Gasteiger partial charge in [0.05, 0.1) is 35.5 Å². The van der Waals surface area contributed by atoms with E-state index in [1.807, 2.05) is 6.07 Å². The molecule has 12 heteroatoms. The number of rotatable bonds is 7. The minimum Gasteiger partial charge on any atom is -0.411 e. The lowest BCUT2D eigenvalue weighted by Gasteiger charge is -2.26. The molecule has 10 nitrogen and oxygen atoms in total. The summed E-state index contributed by atoms with van der Waals surface area (Å²) in [4.78, 5) is 12.3. The van der Waals surface area contributed by atoms with E-state index in [2.05, 4.69) is 15.5 Å². The maximum absolute atomic E-state index is 12.9. The minimum atomic E-state index is -3.65. The quantitative estimate of drug-likeness (QED) is 0.500. The van der Waals surface area contributed by atoms with E-state index in [1.165, 1.54) is 16.4 Å². The van der Waals surface area contributed by atoms with Crippen molar-refractivity contribution in [3.8, 4) is 17.5 Å². The molecule has 1 aliphatic rings. The first kappa shape index (κ1) is 22.9.